The maximum atomic E-state index is 11.7. The number of ether oxygens (including phenoxy) is 1. The fraction of sp³-hybridized carbons (Fsp3) is 0.263. The van der Waals surface area contributed by atoms with Gasteiger partial charge in [-0.15, -0.1) is 6.42 Å². The number of carbonyl (C=O) groups excluding carboxylic acids is 1. The van der Waals surface area contributed by atoms with Gasteiger partial charge in [-0.05, 0) is 24.1 Å². The molecular formula is C19H18N4O2. The fourth-order valence-corrected chi connectivity index (χ4v) is 1.96. The minimum absolute atomic E-state index is 0.0571. The van der Waals surface area contributed by atoms with Crippen LogP contribution in [0.2, 0.25) is 0 Å². The van der Waals surface area contributed by atoms with Gasteiger partial charge in [0.2, 0.25) is 5.95 Å². The molecule has 6 nitrogen and oxygen atoms in total. The third-order valence-electron chi connectivity index (χ3n) is 3.13. The van der Waals surface area contributed by atoms with Crippen LogP contribution >= 0.6 is 0 Å². The van der Waals surface area contributed by atoms with Crippen molar-refractivity contribution in [1.29, 1.82) is 5.26 Å². The Kier molecular flexibility index (Phi) is 6.08. The number of esters is 1. The zero-order chi connectivity index (χ0) is 18.2. The second kappa shape index (κ2) is 8.47. The molecule has 0 radical (unpaired) electrons. The van der Waals surface area contributed by atoms with Crippen LogP contribution in [0.15, 0.2) is 30.3 Å². The fourth-order valence-electron chi connectivity index (χ4n) is 1.96. The summed E-state index contributed by atoms with van der Waals surface area (Å²) in [7, 11) is 0. The summed E-state index contributed by atoms with van der Waals surface area (Å²) in [5.41, 5.74) is 2.21. The van der Waals surface area contributed by atoms with Crippen LogP contribution in [0.5, 0.6) is 0 Å². The van der Waals surface area contributed by atoms with E-state index in [1.54, 1.807) is 24.3 Å². The molecule has 0 aliphatic rings. The molecule has 2 rings (SSSR count). The highest BCUT2D eigenvalue weighted by Gasteiger charge is 2.09. The van der Waals surface area contributed by atoms with Gasteiger partial charge < -0.3 is 10.1 Å². The van der Waals surface area contributed by atoms with Gasteiger partial charge in [-0.25, -0.2) is 9.97 Å². The van der Waals surface area contributed by atoms with Crippen LogP contribution in [-0.4, -0.2) is 29.1 Å². The molecule has 1 N–H and O–H groups in total. The van der Waals surface area contributed by atoms with E-state index in [4.69, 9.17) is 16.4 Å². The molecule has 0 fully saturated rings. The second-order valence-electron chi connectivity index (χ2n) is 5.73. The number of hydrogen-bond acceptors (Lipinski definition) is 6. The van der Waals surface area contributed by atoms with E-state index in [0.717, 1.165) is 5.56 Å². The highest BCUT2D eigenvalue weighted by atomic mass is 16.5. The lowest BCUT2D eigenvalue weighted by Crippen LogP contribution is -2.20. The normalized spacial score (nSPS) is 9.96. The summed E-state index contributed by atoms with van der Waals surface area (Å²) in [5.74, 6) is 2.57. The van der Waals surface area contributed by atoms with Gasteiger partial charge in [0.15, 0.2) is 0 Å². The first-order valence-corrected chi connectivity index (χ1v) is 7.77. The van der Waals surface area contributed by atoms with Crippen LogP contribution in [-0.2, 0) is 9.53 Å². The van der Waals surface area contributed by atoms with Gasteiger partial charge >= 0.3 is 5.97 Å². The Labute approximate surface area is 146 Å². The Morgan fingerprint density at radius 2 is 2.16 bits per heavy atom. The molecule has 0 saturated heterocycles. The molecule has 25 heavy (non-hydrogen) atoms. The summed E-state index contributed by atoms with van der Waals surface area (Å²) in [6.45, 7) is 4.22. The van der Waals surface area contributed by atoms with Gasteiger partial charge in [-0.3, -0.25) is 4.79 Å². The molecule has 6 heteroatoms. The highest BCUT2D eigenvalue weighted by Crippen LogP contribution is 2.20. The Bertz CT molecular complexity index is 847. The standard InChI is InChI=1S/C19H18N4O2/c1-4-16-9-17(15-7-5-6-14(8-15)10-20)23-19(22-16)21-11-18(24)25-12-13(2)3/h1,5-9,13H,11-12H2,2-3H3,(H,21,22,23). The van der Waals surface area contributed by atoms with Crippen molar-refractivity contribution in [2.24, 2.45) is 5.92 Å². The van der Waals surface area contributed by atoms with Crippen LogP contribution < -0.4 is 5.32 Å². The smallest absolute Gasteiger partial charge is 0.325 e. The minimum Gasteiger partial charge on any atom is -0.464 e. The van der Waals surface area contributed by atoms with Crippen molar-refractivity contribution in [2.45, 2.75) is 13.8 Å². The molecule has 0 bridgehead atoms. The van der Waals surface area contributed by atoms with Crippen molar-refractivity contribution in [1.82, 2.24) is 9.97 Å². The van der Waals surface area contributed by atoms with Gasteiger partial charge in [0.1, 0.15) is 12.2 Å². The van der Waals surface area contributed by atoms with E-state index in [-0.39, 0.29) is 18.4 Å². The first-order chi connectivity index (χ1) is 12.0. The number of hydrogen-bond donors (Lipinski definition) is 1. The van der Waals surface area contributed by atoms with Crippen LogP contribution in [0.4, 0.5) is 5.95 Å². The van der Waals surface area contributed by atoms with E-state index in [2.05, 4.69) is 27.3 Å². The van der Waals surface area contributed by atoms with Crippen LogP contribution in [0.3, 0.4) is 0 Å². The summed E-state index contributed by atoms with van der Waals surface area (Å²) in [6.07, 6.45) is 5.45. The molecule has 0 unspecified atom stereocenters. The molecule has 2 aromatic rings. The Morgan fingerprint density at radius 1 is 1.36 bits per heavy atom. The van der Waals surface area contributed by atoms with Gasteiger partial charge in [0.25, 0.3) is 0 Å². The van der Waals surface area contributed by atoms with Gasteiger partial charge in [-0.1, -0.05) is 31.9 Å². The molecule has 0 aliphatic heterocycles. The number of nitrogens with zero attached hydrogens (tertiary/aromatic N) is 3. The monoisotopic (exact) mass is 334 g/mol. The van der Waals surface area contributed by atoms with E-state index < -0.39 is 5.97 Å². The summed E-state index contributed by atoms with van der Waals surface area (Å²) < 4.78 is 5.09. The van der Waals surface area contributed by atoms with E-state index in [0.29, 0.717) is 23.6 Å². The van der Waals surface area contributed by atoms with Crippen LogP contribution in [0, 0.1) is 29.6 Å². The zero-order valence-electron chi connectivity index (χ0n) is 14.1. The number of terminal acetylenes is 1. The van der Waals surface area contributed by atoms with Gasteiger partial charge in [-0.2, -0.15) is 5.26 Å². The SMILES string of the molecule is C#Cc1cc(-c2cccc(C#N)c2)nc(NCC(=O)OCC(C)C)n1. The molecule has 0 aliphatic carbocycles. The first-order valence-electron chi connectivity index (χ1n) is 7.77. The van der Waals surface area contributed by atoms with Crippen molar-refractivity contribution in [3.63, 3.8) is 0 Å². The number of nitrogens with one attached hydrogen (secondary N) is 1. The number of anilines is 1. The number of carbonyl (C=O) groups is 1. The Balaban J connectivity index is 2.18. The minimum atomic E-state index is -0.392. The zero-order valence-corrected chi connectivity index (χ0v) is 14.1. The average Bonchev–Trinajstić information content (AvgIpc) is 2.64. The lowest BCUT2D eigenvalue weighted by Gasteiger charge is -2.09. The van der Waals surface area contributed by atoms with Crippen molar-refractivity contribution >= 4 is 11.9 Å². The van der Waals surface area contributed by atoms with Crippen molar-refractivity contribution in [2.75, 3.05) is 18.5 Å². The van der Waals surface area contributed by atoms with Gasteiger partial charge in [0, 0.05) is 5.56 Å². The van der Waals surface area contributed by atoms with Crippen molar-refractivity contribution < 1.29 is 9.53 Å². The van der Waals surface area contributed by atoms with Crippen LogP contribution in [0.1, 0.15) is 25.1 Å². The van der Waals surface area contributed by atoms with E-state index in [1.165, 1.54) is 0 Å². The van der Waals surface area contributed by atoms with E-state index in [9.17, 15) is 4.79 Å². The Hall–Kier alpha value is -3.38. The third-order valence-corrected chi connectivity index (χ3v) is 3.13. The molecular weight excluding hydrogens is 316 g/mol. The molecule has 1 aromatic heterocycles. The van der Waals surface area contributed by atoms with E-state index in [1.807, 2.05) is 19.9 Å². The summed E-state index contributed by atoms with van der Waals surface area (Å²) >= 11 is 0. The topological polar surface area (TPSA) is 87.9 Å². The molecule has 1 aromatic carbocycles. The molecule has 1 heterocycles. The molecule has 0 atom stereocenters. The quantitative estimate of drug-likeness (QED) is 0.645. The lowest BCUT2D eigenvalue weighted by molar-refractivity contribution is -0.142. The highest BCUT2D eigenvalue weighted by molar-refractivity contribution is 5.74. The number of rotatable bonds is 6. The number of aromatic nitrogens is 2. The number of benzene rings is 1. The van der Waals surface area contributed by atoms with Gasteiger partial charge in [0.05, 0.1) is 23.9 Å². The van der Waals surface area contributed by atoms with Crippen LogP contribution in [0.25, 0.3) is 11.3 Å². The summed E-state index contributed by atoms with van der Waals surface area (Å²) in [4.78, 5) is 20.2. The lowest BCUT2D eigenvalue weighted by atomic mass is 10.1. The number of nitriles is 1. The van der Waals surface area contributed by atoms with Crippen molar-refractivity contribution in [3.8, 4) is 29.7 Å². The molecule has 126 valence electrons. The predicted octanol–water partition coefficient (Wildman–Crippen LogP) is 2.61. The largest absolute Gasteiger partial charge is 0.464 e. The molecule has 0 saturated carbocycles. The first kappa shape index (κ1) is 18.0. The van der Waals surface area contributed by atoms with E-state index >= 15 is 0 Å². The van der Waals surface area contributed by atoms with Crippen molar-refractivity contribution in [3.05, 3.63) is 41.6 Å². The molecule has 0 amide bonds. The summed E-state index contributed by atoms with van der Waals surface area (Å²) in [5, 5.41) is 11.8. The molecule has 0 spiro atoms. The average molecular weight is 334 g/mol. The third kappa shape index (κ3) is 5.33. The Morgan fingerprint density at radius 3 is 2.84 bits per heavy atom. The summed E-state index contributed by atoms with van der Waals surface area (Å²) in [6, 6.07) is 10.7. The second-order valence-corrected chi connectivity index (χ2v) is 5.73. The predicted molar refractivity (Wildman–Crippen MR) is 94.4 cm³/mol. The maximum absolute atomic E-state index is 11.7. The maximum Gasteiger partial charge on any atom is 0.325 e.